The van der Waals surface area contributed by atoms with Crippen molar-refractivity contribution in [3.8, 4) is 0 Å². The molecule has 2 N–H and O–H groups in total. The number of hydrogen-bond acceptors (Lipinski definition) is 5. The Kier molecular flexibility index (Phi) is 4.86. The van der Waals surface area contributed by atoms with E-state index in [-0.39, 0.29) is 5.78 Å². The topological polar surface area (TPSA) is 78.1 Å². The highest BCUT2D eigenvalue weighted by molar-refractivity contribution is 5.99. The van der Waals surface area contributed by atoms with Crippen LogP contribution < -0.4 is 5.73 Å². The van der Waals surface area contributed by atoms with E-state index in [2.05, 4.69) is 9.97 Å². The first-order valence-electron chi connectivity index (χ1n) is 4.79. The highest BCUT2D eigenvalue weighted by Crippen LogP contribution is 2.03. The second-order valence-electron chi connectivity index (χ2n) is 3.23. The van der Waals surface area contributed by atoms with Crippen LogP contribution in [0.3, 0.4) is 0 Å². The number of Topliss-reactive ketones (excluding diaryl/α,β-unsaturated/α-hetero) is 1. The van der Waals surface area contributed by atoms with Crippen LogP contribution in [-0.4, -0.2) is 35.5 Å². The summed E-state index contributed by atoms with van der Waals surface area (Å²) in [5.41, 5.74) is 6.19. The Balaban J connectivity index is 2.46. The largest absolute Gasteiger partial charge is 0.385 e. The van der Waals surface area contributed by atoms with Crippen molar-refractivity contribution in [1.29, 1.82) is 0 Å². The smallest absolute Gasteiger partial charge is 0.182 e. The number of rotatable bonds is 6. The molecule has 0 radical (unpaired) electrons. The van der Waals surface area contributed by atoms with E-state index in [4.69, 9.17) is 10.5 Å². The van der Waals surface area contributed by atoms with Gasteiger partial charge in [-0.1, -0.05) is 0 Å². The Morgan fingerprint density at radius 2 is 2.20 bits per heavy atom. The second-order valence-corrected chi connectivity index (χ2v) is 3.23. The van der Waals surface area contributed by atoms with Crippen LogP contribution in [0.25, 0.3) is 0 Å². The van der Waals surface area contributed by atoms with Gasteiger partial charge in [0.2, 0.25) is 0 Å². The highest BCUT2D eigenvalue weighted by Gasteiger charge is 2.15. The van der Waals surface area contributed by atoms with E-state index >= 15 is 0 Å². The molecule has 1 rings (SSSR count). The second kappa shape index (κ2) is 6.21. The molecule has 82 valence electrons. The number of carbonyl (C=O) groups is 1. The van der Waals surface area contributed by atoms with Gasteiger partial charge >= 0.3 is 0 Å². The quantitative estimate of drug-likeness (QED) is 0.542. The molecule has 0 amide bonds. The molecule has 5 heteroatoms. The van der Waals surface area contributed by atoms with Crippen LogP contribution >= 0.6 is 0 Å². The maximum Gasteiger partial charge on any atom is 0.182 e. The molecule has 1 atom stereocenters. The molecule has 0 aliphatic heterocycles. The minimum absolute atomic E-state index is 0.119. The Labute approximate surface area is 88.7 Å². The van der Waals surface area contributed by atoms with Crippen LogP contribution in [0.5, 0.6) is 0 Å². The first-order chi connectivity index (χ1) is 7.25. The van der Waals surface area contributed by atoms with Gasteiger partial charge in [-0.15, -0.1) is 0 Å². The summed E-state index contributed by atoms with van der Waals surface area (Å²) in [6.07, 6.45) is 5.73. The van der Waals surface area contributed by atoms with Gasteiger partial charge in [0.25, 0.3) is 0 Å². The van der Waals surface area contributed by atoms with Crippen molar-refractivity contribution in [3.63, 3.8) is 0 Å². The molecule has 1 unspecified atom stereocenters. The van der Waals surface area contributed by atoms with Gasteiger partial charge < -0.3 is 10.5 Å². The lowest BCUT2D eigenvalue weighted by atomic mass is 10.0. The van der Waals surface area contributed by atoms with Gasteiger partial charge in [0, 0.05) is 26.1 Å². The molecular formula is C10H15N3O2. The third-order valence-corrected chi connectivity index (χ3v) is 2.05. The maximum atomic E-state index is 11.7. The lowest BCUT2D eigenvalue weighted by Crippen LogP contribution is -2.30. The van der Waals surface area contributed by atoms with Crippen molar-refractivity contribution in [1.82, 2.24) is 9.97 Å². The van der Waals surface area contributed by atoms with Crippen LogP contribution in [0, 0.1) is 0 Å². The summed E-state index contributed by atoms with van der Waals surface area (Å²) in [6, 6.07) is -0.494. The summed E-state index contributed by atoms with van der Waals surface area (Å²) in [5.74, 6) is -0.119. The molecule has 0 bridgehead atoms. The minimum atomic E-state index is -0.494. The van der Waals surface area contributed by atoms with Crippen molar-refractivity contribution in [2.75, 3.05) is 13.7 Å². The van der Waals surface area contributed by atoms with E-state index in [0.29, 0.717) is 18.6 Å². The van der Waals surface area contributed by atoms with Gasteiger partial charge in [0.05, 0.1) is 11.6 Å². The Bertz CT molecular complexity index is 303. The molecule has 1 aromatic heterocycles. The van der Waals surface area contributed by atoms with Crippen molar-refractivity contribution in [2.45, 2.75) is 18.9 Å². The Hall–Kier alpha value is -1.33. The first kappa shape index (κ1) is 11.7. The van der Waals surface area contributed by atoms with Crippen LogP contribution in [-0.2, 0) is 4.74 Å². The predicted octanol–water partition coefficient (Wildman–Crippen LogP) is 0.413. The van der Waals surface area contributed by atoms with E-state index in [1.54, 1.807) is 7.11 Å². The number of nitrogens with two attached hydrogens (primary N) is 1. The summed E-state index contributed by atoms with van der Waals surface area (Å²) in [6.45, 7) is 0.617. The fourth-order valence-electron chi connectivity index (χ4n) is 1.22. The SMILES string of the molecule is COCCCC(N)C(=O)c1cncnc1. The number of hydrogen-bond donors (Lipinski definition) is 1. The molecule has 0 saturated heterocycles. The average molecular weight is 209 g/mol. The summed E-state index contributed by atoms with van der Waals surface area (Å²) >= 11 is 0. The fourth-order valence-corrected chi connectivity index (χ4v) is 1.22. The fraction of sp³-hybridized carbons (Fsp3) is 0.500. The average Bonchev–Trinajstić information content (AvgIpc) is 2.29. The van der Waals surface area contributed by atoms with Crippen LogP contribution in [0.15, 0.2) is 18.7 Å². The van der Waals surface area contributed by atoms with Crippen molar-refractivity contribution in [2.24, 2.45) is 5.73 Å². The van der Waals surface area contributed by atoms with Crippen LogP contribution in [0.1, 0.15) is 23.2 Å². The predicted molar refractivity (Wildman–Crippen MR) is 55.4 cm³/mol. The molecule has 0 fully saturated rings. The molecule has 1 heterocycles. The third kappa shape index (κ3) is 3.73. The first-order valence-corrected chi connectivity index (χ1v) is 4.79. The zero-order chi connectivity index (χ0) is 11.1. The lowest BCUT2D eigenvalue weighted by Gasteiger charge is -2.09. The number of ether oxygens (including phenoxy) is 1. The van der Waals surface area contributed by atoms with Gasteiger partial charge in [0.15, 0.2) is 5.78 Å². The van der Waals surface area contributed by atoms with E-state index in [1.807, 2.05) is 0 Å². The third-order valence-electron chi connectivity index (χ3n) is 2.05. The molecule has 15 heavy (non-hydrogen) atoms. The van der Waals surface area contributed by atoms with Gasteiger partial charge in [-0.2, -0.15) is 0 Å². The van der Waals surface area contributed by atoms with Crippen molar-refractivity contribution < 1.29 is 9.53 Å². The van der Waals surface area contributed by atoms with Crippen LogP contribution in [0.4, 0.5) is 0 Å². The van der Waals surface area contributed by atoms with Gasteiger partial charge in [-0.3, -0.25) is 4.79 Å². The monoisotopic (exact) mass is 209 g/mol. The van der Waals surface area contributed by atoms with Crippen molar-refractivity contribution >= 4 is 5.78 Å². The molecule has 0 spiro atoms. The standard InChI is InChI=1S/C10H15N3O2/c1-15-4-2-3-9(11)10(14)8-5-12-7-13-6-8/h5-7,9H,2-4,11H2,1H3. The highest BCUT2D eigenvalue weighted by atomic mass is 16.5. The molecule has 0 aliphatic rings. The van der Waals surface area contributed by atoms with E-state index < -0.39 is 6.04 Å². The van der Waals surface area contributed by atoms with E-state index in [1.165, 1.54) is 18.7 Å². The maximum absolute atomic E-state index is 11.7. The summed E-state index contributed by atoms with van der Waals surface area (Å²) < 4.78 is 4.89. The van der Waals surface area contributed by atoms with Gasteiger partial charge in [0.1, 0.15) is 6.33 Å². The molecule has 0 aromatic carbocycles. The van der Waals surface area contributed by atoms with Gasteiger partial charge in [-0.05, 0) is 12.8 Å². The number of ketones is 1. The summed E-state index contributed by atoms with van der Waals surface area (Å²) in [5, 5.41) is 0. The number of aromatic nitrogens is 2. The van der Waals surface area contributed by atoms with E-state index in [0.717, 1.165) is 6.42 Å². The number of methoxy groups -OCH3 is 1. The Morgan fingerprint density at radius 1 is 1.53 bits per heavy atom. The van der Waals surface area contributed by atoms with Gasteiger partial charge in [-0.25, -0.2) is 9.97 Å². The zero-order valence-corrected chi connectivity index (χ0v) is 8.72. The summed E-state index contributed by atoms with van der Waals surface area (Å²) in [4.78, 5) is 19.2. The summed E-state index contributed by atoms with van der Waals surface area (Å²) in [7, 11) is 1.62. The van der Waals surface area contributed by atoms with Crippen molar-refractivity contribution in [3.05, 3.63) is 24.3 Å². The molecule has 0 aliphatic carbocycles. The Morgan fingerprint density at radius 3 is 2.80 bits per heavy atom. The molecule has 0 saturated carbocycles. The number of carbonyl (C=O) groups excluding carboxylic acids is 1. The lowest BCUT2D eigenvalue weighted by molar-refractivity contribution is 0.0949. The normalized spacial score (nSPS) is 12.4. The number of nitrogens with zero attached hydrogens (tertiary/aromatic N) is 2. The zero-order valence-electron chi connectivity index (χ0n) is 8.72. The molecule has 1 aromatic rings. The van der Waals surface area contributed by atoms with E-state index in [9.17, 15) is 4.79 Å². The molecular weight excluding hydrogens is 194 g/mol. The minimum Gasteiger partial charge on any atom is -0.385 e. The molecule has 5 nitrogen and oxygen atoms in total. The van der Waals surface area contributed by atoms with Crippen LogP contribution in [0.2, 0.25) is 0 Å².